The Labute approximate surface area is 200 Å². The van der Waals surface area contributed by atoms with Gasteiger partial charge in [0.05, 0.1) is 11.7 Å². The van der Waals surface area contributed by atoms with E-state index in [0.717, 1.165) is 31.0 Å². The summed E-state index contributed by atoms with van der Waals surface area (Å²) in [5.41, 5.74) is 1.69. The van der Waals surface area contributed by atoms with Crippen LogP contribution in [0.2, 0.25) is 5.15 Å². The molecular weight excluding hydrogens is 456 g/mol. The molecule has 0 radical (unpaired) electrons. The number of carboxylic acids is 1. The van der Waals surface area contributed by atoms with Crippen molar-refractivity contribution in [2.45, 2.75) is 32.7 Å². The summed E-state index contributed by atoms with van der Waals surface area (Å²) in [5.74, 6) is 0.576. The van der Waals surface area contributed by atoms with Crippen molar-refractivity contribution in [1.29, 1.82) is 5.26 Å². The molecule has 2 unspecified atom stereocenters. The van der Waals surface area contributed by atoms with Gasteiger partial charge in [-0.1, -0.05) is 11.6 Å². The number of aromatic nitrogens is 3. The summed E-state index contributed by atoms with van der Waals surface area (Å²) in [7, 11) is 0. The lowest BCUT2D eigenvalue weighted by atomic mass is 10.1. The summed E-state index contributed by atoms with van der Waals surface area (Å²) in [6, 6.07) is 6.64. The molecule has 0 amide bonds. The van der Waals surface area contributed by atoms with Gasteiger partial charge in [0.2, 0.25) is 0 Å². The van der Waals surface area contributed by atoms with Gasteiger partial charge >= 0.3 is 5.97 Å². The molecular formula is C24H23ClN6O3. The van der Waals surface area contributed by atoms with Gasteiger partial charge < -0.3 is 15.3 Å². The van der Waals surface area contributed by atoms with Gasteiger partial charge in [-0.25, -0.2) is 14.8 Å². The Morgan fingerprint density at radius 3 is 2.85 bits per heavy atom. The number of pyridine rings is 2. The number of nitrogens with one attached hydrogen (secondary N) is 1. The van der Waals surface area contributed by atoms with E-state index >= 15 is 0 Å². The highest BCUT2D eigenvalue weighted by atomic mass is 35.5. The molecule has 3 aromatic heterocycles. The summed E-state index contributed by atoms with van der Waals surface area (Å²) >= 11 is 5.88. The first-order valence-electron chi connectivity index (χ1n) is 11.1. The van der Waals surface area contributed by atoms with Crippen molar-refractivity contribution in [3.8, 4) is 6.07 Å². The fraction of sp³-hybridized carbons (Fsp3) is 0.375. The minimum atomic E-state index is -1.20. The standard InChI is InChI=1S/C24H23ClN6O3/c1-12-7-16(13(2)27-18-3-4-19(25)28-20(18)24(33)34)22-29-21(17(9-26)23(32)31(22)10-12)30-6-5-14-8-15(14)11-30/h3-4,7,10,13-15,27H,5-6,8,11H2,1-2H3,(H,33,34)/t13-,14?,15?/m1/s1. The number of nitriles is 1. The van der Waals surface area contributed by atoms with Crippen LogP contribution in [0.25, 0.3) is 5.65 Å². The molecule has 1 saturated carbocycles. The van der Waals surface area contributed by atoms with E-state index in [0.29, 0.717) is 28.6 Å². The van der Waals surface area contributed by atoms with Crippen LogP contribution in [0, 0.1) is 30.1 Å². The third-order valence-corrected chi connectivity index (χ3v) is 6.89. The summed E-state index contributed by atoms with van der Waals surface area (Å²) in [6.07, 6.45) is 3.90. The van der Waals surface area contributed by atoms with Gasteiger partial charge in [-0.15, -0.1) is 0 Å². The van der Waals surface area contributed by atoms with E-state index in [9.17, 15) is 20.0 Å². The van der Waals surface area contributed by atoms with Crippen molar-refractivity contribution in [3.05, 3.63) is 62.3 Å². The smallest absolute Gasteiger partial charge is 0.356 e. The Morgan fingerprint density at radius 1 is 1.35 bits per heavy atom. The van der Waals surface area contributed by atoms with Crippen molar-refractivity contribution in [3.63, 3.8) is 0 Å². The van der Waals surface area contributed by atoms with Crippen molar-refractivity contribution in [2.24, 2.45) is 11.8 Å². The van der Waals surface area contributed by atoms with Gasteiger partial charge in [-0.3, -0.25) is 9.20 Å². The average molecular weight is 479 g/mol. The van der Waals surface area contributed by atoms with Crippen molar-refractivity contribution in [1.82, 2.24) is 14.4 Å². The molecule has 9 nitrogen and oxygen atoms in total. The Morgan fingerprint density at radius 2 is 2.15 bits per heavy atom. The molecule has 1 aliphatic heterocycles. The molecule has 2 aliphatic rings. The average Bonchev–Trinajstić information content (AvgIpc) is 3.58. The van der Waals surface area contributed by atoms with Crippen LogP contribution in [0.15, 0.2) is 29.2 Å². The number of nitrogens with zero attached hydrogens (tertiary/aromatic N) is 5. The molecule has 1 aliphatic carbocycles. The highest BCUT2D eigenvalue weighted by Crippen LogP contribution is 2.45. The minimum Gasteiger partial charge on any atom is -0.476 e. The zero-order valence-electron chi connectivity index (χ0n) is 18.7. The maximum Gasteiger partial charge on any atom is 0.356 e. The number of rotatable bonds is 5. The second-order valence-corrected chi connectivity index (χ2v) is 9.47. The number of carboxylic acid groups (broad SMARTS) is 1. The van der Waals surface area contributed by atoms with Crippen molar-refractivity contribution >= 4 is 34.7 Å². The highest BCUT2D eigenvalue weighted by molar-refractivity contribution is 6.29. The summed E-state index contributed by atoms with van der Waals surface area (Å²) in [4.78, 5) is 35.8. The van der Waals surface area contributed by atoms with E-state index in [2.05, 4.69) is 21.3 Å². The zero-order chi connectivity index (χ0) is 24.1. The first kappa shape index (κ1) is 22.2. The third kappa shape index (κ3) is 3.84. The lowest BCUT2D eigenvalue weighted by molar-refractivity contribution is 0.0691. The Hall–Kier alpha value is -3.64. The van der Waals surface area contributed by atoms with Crippen molar-refractivity contribution in [2.75, 3.05) is 23.3 Å². The lowest BCUT2D eigenvalue weighted by Gasteiger charge is -2.28. The summed E-state index contributed by atoms with van der Waals surface area (Å²) < 4.78 is 1.41. The molecule has 1 saturated heterocycles. The van der Waals surface area contributed by atoms with E-state index in [1.165, 1.54) is 16.9 Å². The van der Waals surface area contributed by atoms with E-state index < -0.39 is 17.6 Å². The fourth-order valence-corrected chi connectivity index (χ4v) is 4.99. The van der Waals surface area contributed by atoms with Gasteiger partial charge in [0, 0.05) is 24.8 Å². The summed E-state index contributed by atoms with van der Waals surface area (Å²) in [5, 5.41) is 22.6. The van der Waals surface area contributed by atoms with E-state index in [4.69, 9.17) is 16.6 Å². The zero-order valence-corrected chi connectivity index (χ0v) is 19.5. The molecule has 0 spiro atoms. The number of aromatic carboxylic acids is 1. The largest absolute Gasteiger partial charge is 0.476 e. The number of fused-ring (bicyclic) bond motifs is 2. The molecule has 2 N–H and O–H groups in total. The van der Waals surface area contributed by atoms with Crippen LogP contribution in [0.4, 0.5) is 11.5 Å². The Balaban J connectivity index is 1.62. The lowest BCUT2D eigenvalue weighted by Crippen LogP contribution is -2.35. The van der Waals surface area contributed by atoms with Gasteiger partial charge in [0.15, 0.2) is 17.1 Å². The predicted molar refractivity (Wildman–Crippen MR) is 128 cm³/mol. The Bertz CT molecular complexity index is 1430. The van der Waals surface area contributed by atoms with Crippen LogP contribution in [0.1, 0.15) is 53.0 Å². The van der Waals surface area contributed by atoms with E-state index in [-0.39, 0.29) is 16.4 Å². The first-order valence-corrected chi connectivity index (χ1v) is 11.5. The SMILES string of the molecule is Cc1cc([C@@H](C)Nc2ccc(Cl)nc2C(=O)O)c2nc(N3CCC4CC4C3)c(C#N)c(=O)n2c1. The van der Waals surface area contributed by atoms with Crippen LogP contribution >= 0.6 is 11.6 Å². The highest BCUT2D eigenvalue weighted by Gasteiger charge is 2.42. The molecule has 0 aromatic carbocycles. The molecule has 4 heterocycles. The maximum atomic E-state index is 13.3. The van der Waals surface area contributed by atoms with Crippen LogP contribution in [0.5, 0.6) is 0 Å². The molecule has 0 bridgehead atoms. The van der Waals surface area contributed by atoms with Crippen LogP contribution in [-0.2, 0) is 0 Å². The topological polar surface area (TPSA) is 124 Å². The number of aryl methyl sites for hydroxylation is 1. The molecule has 34 heavy (non-hydrogen) atoms. The van der Waals surface area contributed by atoms with Gasteiger partial charge in [-0.2, -0.15) is 5.26 Å². The fourth-order valence-electron chi connectivity index (χ4n) is 4.84. The van der Waals surface area contributed by atoms with Crippen LogP contribution < -0.4 is 15.8 Å². The number of halogens is 1. The van der Waals surface area contributed by atoms with Gasteiger partial charge in [0.1, 0.15) is 16.9 Å². The number of anilines is 2. The molecule has 174 valence electrons. The normalized spacial score (nSPS) is 19.9. The quantitative estimate of drug-likeness (QED) is 0.532. The predicted octanol–water partition coefficient (Wildman–Crippen LogP) is 3.64. The first-order chi connectivity index (χ1) is 16.3. The maximum absolute atomic E-state index is 13.3. The molecule has 3 atom stereocenters. The van der Waals surface area contributed by atoms with Crippen LogP contribution in [-0.4, -0.2) is 38.5 Å². The number of hydrogen-bond donors (Lipinski definition) is 2. The third-order valence-electron chi connectivity index (χ3n) is 6.68. The monoisotopic (exact) mass is 478 g/mol. The summed E-state index contributed by atoms with van der Waals surface area (Å²) in [6.45, 7) is 5.28. The second kappa shape index (κ2) is 8.29. The minimum absolute atomic E-state index is 0.0452. The number of carbonyl (C=O) groups is 1. The van der Waals surface area contributed by atoms with Gasteiger partial charge in [-0.05, 0) is 62.3 Å². The van der Waals surface area contributed by atoms with Crippen LogP contribution in [0.3, 0.4) is 0 Å². The van der Waals surface area contributed by atoms with E-state index in [1.54, 1.807) is 12.3 Å². The van der Waals surface area contributed by atoms with E-state index in [1.807, 2.05) is 19.9 Å². The van der Waals surface area contributed by atoms with Gasteiger partial charge in [0.25, 0.3) is 5.56 Å². The molecule has 10 heteroatoms. The van der Waals surface area contributed by atoms with Crippen molar-refractivity contribution < 1.29 is 9.90 Å². The molecule has 2 fully saturated rings. The second-order valence-electron chi connectivity index (χ2n) is 9.09. The Kier molecular flexibility index (Phi) is 5.41. The molecule has 5 rings (SSSR count). The number of hydrogen-bond acceptors (Lipinski definition) is 7. The molecule has 3 aromatic rings. The number of piperidine rings is 1.